The van der Waals surface area contributed by atoms with Crippen molar-refractivity contribution in [1.82, 2.24) is 0 Å². The van der Waals surface area contributed by atoms with Crippen LogP contribution in [0.3, 0.4) is 0 Å². The van der Waals surface area contributed by atoms with Gasteiger partial charge in [0.15, 0.2) is 0 Å². The molecule has 164 valence electrons. The fraction of sp³-hybridized carbons (Fsp3) is 0.636. The summed E-state index contributed by atoms with van der Waals surface area (Å²) in [7, 11) is 2.16. The molecule has 0 aliphatic carbocycles. The molecule has 0 spiro atoms. The minimum atomic E-state index is -2.80. The third kappa shape index (κ3) is 4.79. The van der Waals surface area contributed by atoms with E-state index in [2.05, 4.69) is 6.92 Å². The van der Waals surface area contributed by atoms with Gasteiger partial charge in [0, 0.05) is 19.8 Å². The number of rotatable bonds is 13. The number of aliphatic carboxylic acids is 1. The van der Waals surface area contributed by atoms with E-state index in [1.807, 2.05) is 13.8 Å². The van der Waals surface area contributed by atoms with Gasteiger partial charge in [-0.1, -0.05) is 63.9 Å². The van der Waals surface area contributed by atoms with E-state index in [0.717, 1.165) is 33.5 Å². The first-order valence-electron chi connectivity index (χ1n) is 10.1. The van der Waals surface area contributed by atoms with E-state index >= 15 is 0 Å². The third-order valence-corrected chi connectivity index (χ3v) is 5.67. The predicted molar refractivity (Wildman–Crippen MR) is 108 cm³/mol. The molecule has 0 aliphatic heterocycles. The van der Waals surface area contributed by atoms with Crippen LogP contribution in [-0.4, -0.2) is 47.6 Å². The standard InChI is InChI=1S/C22H34O7/c1-6-9-13-16-20(7-2,8-3)29-19(25)21(27-4,18(23)24)22(26,28-5)17-14-11-10-12-15-17/h10-12,14-15,26H,6-9,13,16H2,1-5H3,(H,23,24). The second kappa shape index (κ2) is 10.7. The van der Waals surface area contributed by atoms with Crippen LogP contribution in [0.25, 0.3) is 0 Å². The highest BCUT2D eigenvalue weighted by molar-refractivity contribution is 6.04. The van der Waals surface area contributed by atoms with E-state index in [1.165, 1.54) is 12.1 Å². The molecular weight excluding hydrogens is 376 g/mol. The van der Waals surface area contributed by atoms with Crippen molar-refractivity contribution in [2.45, 2.75) is 76.3 Å². The smallest absolute Gasteiger partial charge is 0.357 e. The van der Waals surface area contributed by atoms with Gasteiger partial charge in [-0.3, -0.25) is 0 Å². The summed E-state index contributed by atoms with van der Waals surface area (Å²) in [5.41, 5.74) is -3.59. The number of hydrogen-bond acceptors (Lipinski definition) is 6. The van der Waals surface area contributed by atoms with Crippen molar-refractivity contribution in [1.29, 1.82) is 0 Å². The number of ether oxygens (including phenoxy) is 3. The molecule has 7 nitrogen and oxygen atoms in total. The molecule has 0 heterocycles. The molecule has 1 rings (SSSR count). The Kier molecular flexibility index (Phi) is 9.26. The van der Waals surface area contributed by atoms with Crippen molar-refractivity contribution in [3.8, 4) is 0 Å². The number of hydrogen-bond donors (Lipinski definition) is 2. The topological polar surface area (TPSA) is 102 Å². The van der Waals surface area contributed by atoms with Crippen LogP contribution in [0.1, 0.15) is 64.9 Å². The molecule has 0 fully saturated rings. The Balaban J connectivity index is 3.45. The monoisotopic (exact) mass is 410 g/mol. The minimum Gasteiger partial charge on any atom is -0.478 e. The maximum Gasteiger partial charge on any atom is 0.357 e. The van der Waals surface area contributed by atoms with E-state index in [1.54, 1.807) is 18.2 Å². The Morgan fingerprint density at radius 3 is 1.97 bits per heavy atom. The lowest BCUT2D eigenvalue weighted by molar-refractivity contribution is -0.301. The second-order valence-corrected chi connectivity index (χ2v) is 7.14. The number of carboxylic acids is 1. The van der Waals surface area contributed by atoms with Crippen LogP contribution >= 0.6 is 0 Å². The highest BCUT2D eigenvalue weighted by Crippen LogP contribution is 2.40. The zero-order valence-electron chi connectivity index (χ0n) is 18.1. The molecule has 7 heteroatoms. The zero-order valence-corrected chi connectivity index (χ0v) is 18.1. The van der Waals surface area contributed by atoms with Crippen LogP contribution in [0.2, 0.25) is 0 Å². The molecule has 0 saturated carbocycles. The molecule has 1 aromatic rings. The minimum absolute atomic E-state index is 0.0632. The number of aliphatic hydroxyl groups is 1. The summed E-state index contributed by atoms with van der Waals surface area (Å²) in [6.07, 6.45) is 4.43. The molecule has 0 aromatic heterocycles. The van der Waals surface area contributed by atoms with E-state index in [4.69, 9.17) is 14.2 Å². The molecule has 2 N–H and O–H groups in total. The fourth-order valence-electron chi connectivity index (χ4n) is 3.57. The number of methoxy groups -OCH3 is 2. The van der Waals surface area contributed by atoms with Crippen LogP contribution in [-0.2, 0) is 29.6 Å². The van der Waals surface area contributed by atoms with Gasteiger partial charge in [-0.05, 0) is 25.7 Å². The number of benzene rings is 1. The molecule has 2 unspecified atom stereocenters. The van der Waals surface area contributed by atoms with Crippen LogP contribution in [0, 0.1) is 0 Å². The highest BCUT2D eigenvalue weighted by atomic mass is 16.7. The molecular formula is C22H34O7. The van der Waals surface area contributed by atoms with Gasteiger partial charge in [-0.25, -0.2) is 9.59 Å². The zero-order chi connectivity index (χ0) is 22.1. The number of carbonyl (C=O) groups is 2. The summed E-state index contributed by atoms with van der Waals surface area (Å²) in [4.78, 5) is 25.6. The maximum atomic E-state index is 13.3. The quantitative estimate of drug-likeness (QED) is 0.222. The molecule has 29 heavy (non-hydrogen) atoms. The first kappa shape index (κ1) is 25.1. The van der Waals surface area contributed by atoms with Gasteiger partial charge in [-0.2, -0.15) is 0 Å². The van der Waals surface area contributed by atoms with Gasteiger partial charge in [0.1, 0.15) is 5.60 Å². The van der Waals surface area contributed by atoms with Crippen molar-refractivity contribution in [2.24, 2.45) is 0 Å². The summed E-state index contributed by atoms with van der Waals surface area (Å²) < 4.78 is 16.2. The van der Waals surface area contributed by atoms with Crippen LogP contribution < -0.4 is 0 Å². The first-order chi connectivity index (χ1) is 13.7. The van der Waals surface area contributed by atoms with Gasteiger partial charge >= 0.3 is 17.5 Å². The lowest BCUT2D eigenvalue weighted by Gasteiger charge is -2.42. The number of carboxylic acid groups (broad SMARTS) is 1. The molecule has 0 saturated heterocycles. The molecule has 0 radical (unpaired) electrons. The Hall–Kier alpha value is -1.96. The summed E-state index contributed by atoms with van der Waals surface area (Å²) in [5, 5.41) is 21.3. The van der Waals surface area contributed by atoms with Gasteiger partial charge in [-0.15, -0.1) is 0 Å². The van der Waals surface area contributed by atoms with Crippen LogP contribution in [0.5, 0.6) is 0 Å². The Bertz CT molecular complexity index is 656. The van der Waals surface area contributed by atoms with E-state index in [-0.39, 0.29) is 5.56 Å². The summed E-state index contributed by atoms with van der Waals surface area (Å²) >= 11 is 0. The fourth-order valence-corrected chi connectivity index (χ4v) is 3.57. The molecule has 0 bridgehead atoms. The number of carbonyl (C=O) groups excluding carboxylic acids is 1. The van der Waals surface area contributed by atoms with Gasteiger partial charge < -0.3 is 24.4 Å². The summed E-state index contributed by atoms with van der Waals surface area (Å²) in [5.74, 6) is -5.49. The van der Waals surface area contributed by atoms with Gasteiger partial charge in [0.05, 0.1) is 0 Å². The number of esters is 1. The molecule has 2 atom stereocenters. The maximum absolute atomic E-state index is 13.3. The summed E-state index contributed by atoms with van der Waals surface area (Å²) in [6.45, 7) is 5.85. The second-order valence-electron chi connectivity index (χ2n) is 7.14. The first-order valence-corrected chi connectivity index (χ1v) is 10.1. The Labute approximate surface area is 173 Å². The van der Waals surface area contributed by atoms with Crippen LogP contribution in [0.15, 0.2) is 30.3 Å². The van der Waals surface area contributed by atoms with Crippen molar-refractivity contribution in [3.05, 3.63) is 35.9 Å². The average Bonchev–Trinajstić information content (AvgIpc) is 2.74. The van der Waals surface area contributed by atoms with Crippen molar-refractivity contribution in [3.63, 3.8) is 0 Å². The van der Waals surface area contributed by atoms with Gasteiger partial charge in [0.25, 0.3) is 0 Å². The molecule has 1 aromatic carbocycles. The Morgan fingerprint density at radius 1 is 0.966 bits per heavy atom. The van der Waals surface area contributed by atoms with Gasteiger partial charge in [0.2, 0.25) is 5.79 Å². The van der Waals surface area contributed by atoms with E-state index in [0.29, 0.717) is 19.3 Å². The largest absolute Gasteiger partial charge is 0.478 e. The van der Waals surface area contributed by atoms with Crippen molar-refractivity contribution < 1.29 is 34.0 Å². The summed E-state index contributed by atoms with van der Waals surface area (Å²) in [6, 6.07) is 7.81. The van der Waals surface area contributed by atoms with Crippen molar-refractivity contribution in [2.75, 3.05) is 14.2 Å². The molecule has 0 amide bonds. The SMILES string of the molecule is CCCCCC(CC)(CC)OC(=O)C(OC)(C(=O)O)C(O)(OC)c1ccccc1. The highest BCUT2D eigenvalue weighted by Gasteiger charge is 2.67. The predicted octanol–water partition coefficient (Wildman–Crippen LogP) is 3.63. The van der Waals surface area contributed by atoms with E-state index in [9.17, 15) is 19.8 Å². The normalized spacial score (nSPS) is 15.9. The van der Waals surface area contributed by atoms with Crippen molar-refractivity contribution >= 4 is 11.9 Å². The number of unbranched alkanes of at least 4 members (excludes halogenated alkanes) is 2. The third-order valence-electron chi connectivity index (χ3n) is 5.67. The van der Waals surface area contributed by atoms with Crippen LogP contribution in [0.4, 0.5) is 0 Å². The van der Waals surface area contributed by atoms with E-state index < -0.39 is 28.9 Å². The average molecular weight is 411 g/mol. The Morgan fingerprint density at radius 2 is 1.55 bits per heavy atom. The lowest BCUT2D eigenvalue weighted by atomic mass is 9.85. The lowest BCUT2D eigenvalue weighted by Crippen LogP contribution is -2.66. The molecule has 0 aliphatic rings.